The lowest BCUT2D eigenvalue weighted by molar-refractivity contribution is 0.414. The summed E-state index contributed by atoms with van der Waals surface area (Å²) >= 11 is 0. The number of aryl methyl sites for hydroxylation is 3. The molecule has 2 aromatic heterocycles. The molecule has 0 atom stereocenters. The Morgan fingerprint density at radius 2 is 2.13 bits per heavy atom. The molecule has 0 aliphatic heterocycles. The molecule has 1 aliphatic rings. The SMILES string of the molecule is C=C/C=C(C)\C=C/CNc1c2c(nc3c(-c4ccc(OC)cc4C)c(C)nn13)CCC2. The Kier molecular flexibility index (Phi) is 5.94. The lowest BCUT2D eigenvalue weighted by atomic mass is 10.0. The average Bonchev–Trinajstić information content (AvgIpc) is 3.34. The molecule has 5 nitrogen and oxygen atoms in total. The summed E-state index contributed by atoms with van der Waals surface area (Å²) in [6.07, 6.45) is 11.2. The lowest BCUT2D eigenvalue weighted by Crippen LogP contribution is -2.10. The first-order valence-corrected chi connectivity index (χ1v) is 10.8. The Morgan fingerprint density at radius 3 is 2.87 bits per heavy atom. The van der Waals surface area contributed by atoms with E-state index in [1.54, 1.807) is 7.11 Å². The predicted octanol–water partition coefficient (Wildman–Crippen LogP) is 5.61. The molecule has 0 spiro atoms. The minimum absolute atomic E-state index is 0.726. The van der Waals surface area contributed by atoms with E-state index in [0.29, 0.717) is 0 Å². The number of benzene rings is 1. The maximum Gasteiger partial charge on any atom is 0.165 e. The van der Waals surface area contributed by atoms with Gasteiger partial charge in [0.05, 0.1) is 12.8 Å². The average molecular weight is 415 g/mol. The zero-order chi connectivity index (χ0) is 22.0. The van der Waals surface area contributed by atoms with Gasteiger partial charge < -0.3 is 10.1 Å². The number of hydrogen-bond donors (Lipinski definition) is 1. The fraction of sp³-hybridized carbons (Fsp3) is 0.308. The van der Waals surface area contributed by atoms with Gasteiger partial charge in [-0.3, -0.25) is 0 Å². The van der Waals surface area contributed by atoms with Crippen LogP contribution in [0.1, 0.15) is 35.9 Å². The highest BCUT2D eigenvalue weighted by atomic mass is 16.5. The number of methoxy groups -OCH3 is 1. The highest BCUT2D eigenvalue weighted by Crippen LogP contribution is 2.36. The number of aromatic nitrogens is 3. The second-order valence-corrected chi connectivity index (χ2v) is 8.05. The first-order chi connectivity index (χ1) is 15.0. The summed E-state index contributed by atoms with van der Waals surface area (Å²) in [5, 5.41) is 8.52. The molecule has 2 heterocycles. The Morgan fingerprint density at radius 1 is 1.29 bits per heavy atom. The third-order valence-electron chi connectivity index (χ3n) is 5.82. The van der Waals surface area contributed by atoms with Gasteiger partial charge in [-0.05, 0) is 63.3 Å². The summed E-state index contributed by atoms with van der Waals surface area (Å²) in [7, 11) is 1.70. The molecule has 1 aromatic carbocycles. The van der Waals surface area contributed by atoms with Crippen molar-refractivity contribution < 1.29 is 4.74 Å². The number of anilines is 1. The fourth-order valence-corrected chi connectivity index (χ4v) is 4.32. The third-order valence-corrected chi connectivity index (χ3v) is 5.82. The number of fused-ring (bicyclic) bond motifs is 2. The van der Waals surface area contributed by atoms with E-state index in [4.69, 9.17) is 14.8 Å². The largest absolute Gasteiger partial charge is 0.497 e. The van der Waals surface area contributed by atoms with Gasteiger partial charge in [0, 0.05) is 23.4 Å². The van der Waals surface area contributed by atoms with E-state index in [9.17, 15) is 0 Å². The summed E-state index contributed by atoms with van der Waals surface area (Å²) in [4.78, 5) is 5.07. The molecule has 0 fully saturated rings. The highest BCUT2D eigenvalue weighted by molar-refractivity contribution is 5.83. The van der Waals surface area contributed by atoms with Gasteiger partial charge in [0.1, 0.15) is 11.6 Å². The number of hydrogen-bond acceptors (Lipinski definition) is 4. The monoisotopic (exact) mass is 414 g/mol. The van der Waals surface area contributed by atoms with Crippen molar-refractivity contribution in [1.29, 1.82) is 0 Å². The molecule has 0 unspecified atom stereocenters. The van der Waals surface area contributed by atoms with Crippen LogP contribution in [0.3, 0.4) is 0 Å². The van der Waals surface area contributed by atoms with E-state index in [2.05, 4.69) is 57.0 Å². The van der Waals surface area contributed by atoms with Crippen molar-refractivity contribution in [2.24, 2.45) is 0 Å². The van der Waals surface area contributed by atoms with Crippen molar-refractivity contribution in [3.05, 3.63) is 77.2 Å². The summed E-state index contributed by atoms with van der Waals surface area (Å²) in [6, 6.07) is 6.17. The summed E-state index contributed by atoms with van der Waals surface area (Å²) in [5.41, 5.74) is 8.95. The van der Waals surface area contributed by atoms with Gasteiger partial charge in [0.25, 0.3) is 0 Å². The summed E-state index contributed by atoms with van der Waals surface area (Å²) in [6.45, 7) is 10.7. The Bertz CT molecular complexity index is 1200. The Balaban J connectivity index is 1.78. The summed E-state index contributed by atoms with van der Waals surface area (Å²) in [5.74, 6) is 1.92. The van der Waals surface area contributed by atoms with Crippen molar-refractivity contribution in [3.8, 4) is 16.9 Å². The van der Waals surface area contributed by atoms with Crippen LogP contribution in [0.15, 0.2) is 54.7 Å². The second-order valence-electron chi connectivity index (χ2n) is 8.05. The molecule has 0 saturated heterocycles. The first-order valence-electron chi connectivity index (χ1n) is 10.8. The molecule has 5 heteroatoms. The number of allylic oxidation sites excluding steroid dienone is 4. The van der Waals surface area contributed by atoms with E-state index in [1.807, 2.05) is 22.7 Å². The quantitative estimate of drug-likeness (QED) is 0.511. The van der Waals surface area contributed by atoms with Crippen LogP contribution in [0.25, 0.3) is 16.8 Å². The van der Waals surface area contributed by atoms with Crippen LogP contribution < -0.4 is 10.1 Å². The van der Waals surface area contributed by atoms with Crippen LogP contribution in [-0.4, -0.2) is 28.3 Å². The molecular formula is C26H30N4O. The van der Waals surface area contributed by atoms with Gasteiger partial charge in [0.15, 0.2) is 5.65 Å². The van der Waals surface area contributed by atoms with E-state index in [1.165, 1.54) is 16.8 Å². The van der Waals surface area contributed by atoms with Gasteiger partial charge in [-0.15, -0.1) is 0 Å². The molecule has 3 aromatic rings. The van der Waals surface area contributed by atoms with Crippen molar-refractivity contribution in [3.63, 3.8) is 0 Å². The number of rotatable bonds is 7. The molecule has 0 saturated carbocycles. The van der Waals surface area contributed by atoms with Crippen molar-refractivity contribution in [2.75, 3.05) is 19.0 Å². The molecule has 0 bridgehead atoms. The van der Waals surface area contributed by atoms with Crippen molar-refractivity contribution in [1.82, 2.24) is 14.6 Å². The molecule has 1 aliphatic carbocycles. The zero-order valence-corrected chi connectivity index (χ0v) is 18.8. The number of ether oxygens (including phenoxy) is 1. The molecule has 0 radical (unpaired) electrons. The number of nitrogens with zero attached hydrogens (tertiary/aromatic N) is 3. The van der Waals surface area contributed by atoms with Gasteiger partial charge >= 0.3 is 0 Å². The normalized spacial score (nSPS) is 13.7. The Labute approximate surface area is 184 Å². The van der Waals surface area contributed by atoms with E-state index in [-0.39, 0.29) is 0 Å². The van der Waals surface area contributed by atoms with E-state index < -0.39 is 0 Å². The molecular weight excluding hydrogens is 384 g/mol. The Hall–Kier alpha value is -3.34. The minimum atomic E-state index is 0.726. The molecule has 160 valence electrons. The molecule has 1 N–H and O–H groups in total. The van der Waals surface area contributed by atoms with Crippen LogP contribution in [0, 0.1) is 13.8 Å². The minimum Gasteiger partial charge on any atom is -0.497 e. The predicted molar refractivity (Wildman–Crippen MR) is 128 cm³/mol. The zero-order valence-electron chi connectivity index (χ0n) is 18.8. The van der Waals surface area contributed by atoms with Gasteiger partial charge in [-0.1, -0.05) is 42.5 Å². The standard InChI is InChI=1S/C26H30N4O/c1-6-9-17(2)10-8-15-27-25-22-11-7-12-23(22)28-26-24(19(4)29-30(25)26)21-14-13-20(31-5)16-18(21)3/h6,8-10,13-14,16,27H,1,7,11-12,15H2,2-5H3/b10-8-,17-9-. The van der Waals surface area contributed by atoms with Gasteiger partial charge in [0.2, 0.25) is 0 Å². The van der Waals surface area contributed by atoms with E-state index in [0.717, 1.165) is 65.4 Å². The van der Waals surface area contributed by atoms with Crippen LogP contribution >= 0.6 is 0 Å². The van der Waals surface area contributed by atoms with E-state index >= 15 is 0 Å². The van der Waals surface area contributed by atoms with Crippen LogP contribution in [-0.2, 0) is 12.8 Å². The highest BCUT2D eigenvalue weighted by Gasteiger charge is 2.24. The maximum absolute atomic E-state index is 5.39. The lowest BCUT2D eigenvalue weighted by Gasteiger charge is -2.13. The van der Waals surface area contributed by atoms with Gasteiger partial charge in [-0.2, -0.15) is 9.61 Å². The smallest absolute Gasteiger partial charge is 0.165 e. The van der Waals surface area contributed by atoms with Crippen LogP contribution in [0.4, 0.5) is 5.82 Å². The van der Waals surface area contributed by atoms with Crippen LogP contribution in [0.2, 0.25) is 0 Å². The fourth-order valence-electron chi connectivity index (χ4n) is 4.32. The van der Waals surface area contributed by atoms with Crippen molar-refractivity contribution in [2.45, 2.75) is 40.0 Å². The van der Waals surface area contributed by atoms with Crippen LogP contribution in [0.5, 0.6) is 5.75 Å². The number of nitrogens with one attached hydrogen (secondary N) is 1. The first kappa shape index (κ1) is 20.9. The molecule has 0 amide bonds. The molecule has 31 heavy (non-hydrogen) atoms. The summed E-state index contributed by atoms with van der Waals surface area (Å²) < 4.78 is 7.39. The molecule has 4 rings (SSSR count). The third kappa shape index (κ3) is 4.00. The maximum atomic E-state index is 5.39. The second kappa shape index (κ2) is 8.80. The topological polar surface area (TPSA) is 51.5 Å². The van der Waals surface area contributed by atoms with Crippen molar-refractivity contribution >= 4 is 11.5 Å². The van der Waals surface area contributed by atoms with Gasteiger partial charge in [-0.25, -0.2) is 4.98 Å².